The van der Waals surface area contributed by atoms with Crippen LogP contribution in [0, 0.1) is 0 Å². The highest BCUT2D eigenvalue weighted by atomic mass is 16.5. The van der Waals surface area contributed by atoms with Gasteiger partial charge in [0.15, 0.2) is 5.96 Å². The third-order valence-electron chi connectivity index (χ3n) is 5.52. The summed E-state index contributed by atoms with van der Waals surface area (Å²) in [5, 5.41) is 7.52. The van der Waals surface area contributed by atoms with Crippen molar-refractivity contribution >= 4 is 5.96 Å². The van der Waals surface area contributed by atoms with Gasteiger partial charge in [-0.25, -0.2) is 0 Å². The number of piperazine rings is 1. The van der Waals surface area contributed by atoms with Crippen molar-refractivity contribution in [3.8, 4) is 5.75 Å². The number of guanidine groups is 1. The number of aromatic nitrogens is 1. The SMILES string of the molecule is CN=C(NCc1ccccc1OC1CCC1)N1CCN(Cc2ccon2)CC1. The zero-order valence-corrected chi connectivity index (χ0v) is 16.5. The molecule has 1 aliphatic heterocycles. The Morgan fingerprint density at radius 3 is 2.71 bits per heavy atom. The fraction of sp³-hybridized carbons (Fsp3) is 0.524. The first-order chi connectivity index (χ1) is 13.8. The molecule has 2 heterocycles. The Hall–Kier alpha value is -2.54. The van der Waals surface area contributed by atoms with E-state index in [9.17, 15) is 0 Å². The van der Waals surface area contributed by atoms with Gasteiger partial charge in [0.25, 0.3) is 0 Å². The van der Waals surface area contributed by atoms with Gasteiger partial charge in [-0.05, 0) is 25.3 Å². The predicted octanol–water partition coefficient (Wildman–Crippen LogP) is 2.50. The van der Waals surface area contributed by atoms with Crippen molar-refractivity contribution in [3.63, 3.8) is 0 Å². The lowest BCUT2D eigenvalue weighted by Gasteiger charge is -2.36. The summed E-state index contributed by atoms with van der Waals surface area (Å²) in [6, 6.07) is 10.2. The Kier molecular flexibility index (Phi) is 6.11. The van der Waals surface area contributed by atoms with Gasteiger partial charge in [-0.2, -0.15) is 0 Å². The normalized spacial score (nSPS) is 18.8. The van der Waals surface area contributed by atoms with Crippen LogP contribution in [0.25, 0.3) is 0 Å². The van der Waals surface area contributed by atoms with E-state index >= 15 is 0 Å². The van der Waals surface area contributed by atoms with Gasteiger partial charge >= 0.3 is 0 Å². The standard InChI is InChI=1S/C21H29N5O2/c1-22-21(26-12-10-25(11-13-26)16-18-9-14-27-24-18)23-15-17-5-2-3-8-20(17)28-19-6-4-7-19/h2-3,5,8-9,14,19H,4,6-7,10-13,15-16H2,1H3,(H,22,23). The van der Waals surface area contributed by atoms with Gasteiger partial charge in [0, 0.05) is 57.9 Å². The van der Waals surface area contributed by atoms with Gasteiger partial charge < -0.3 is 19.5 Å². The molecule has 4 rings (SSSR count). The van der Waals surface area contributed by atoms with Crippen LogP contribution in [0.5, 0.6) is 5.75 Å². The van der Waals surface area contributed by atoms with Crippen molar-refractivity contribution in [2.75, 3.05) is 33.2 Å². The Morgan fingerprint density at radius 1 is 1.21 bits per heavy atom. The number of nitrogens with one attached hydrogen (secondary N) is 1. The summed E-state index contributed by atoms with van der Waals surface area (Å²) < 4.78 is 11.1. The van der Waals surface area contributed by atoms with Gasteiger partial charge in [-0.1, -0.05) is 23.4 Å². The molecule has 2 aliphatic rings. The van der Waals surface area contributed by atoms with Gasteiger partial charge in [0.05, 0.1) is 11.8 Å². The summed E-state index contributed by atoms with van der Waals surface area (Å²) >= 11 is 0. The maximum atomic E-state index is 6.14. The van der Waals surface area contributed by atoms with E-state index in [1.807, 2.05) is 19.2 Å². The third kappa shape index (κ3) is 4.65. The second kappa shape index (κ2) is 9.10. The molecule has 150 valence electrons. The molecule has 2 aromatic rings. The maximum absolute atomic E-state index is 6.14. The molecule has 7 nitrogen and oxygen atoms in total. The van der Waals surface area contributed by atoms with Gasteiger partial charge in [0.1, 0.15) is 12.0 Å². The van der Waals surface area contributed by atoms with Crippen molar-refractivity contribution in [3.05, 3.63) is 47.9 Å². The van der Waals surface area contributed by atoms with E-state index in [4.69, 9.17) is 9.26 Å². The van der Waals surface area contributed by atoms with Crippen LogP contribution in [-0.4, -0.2) is 60.2 Å². The number of benzene rings is 1. The smallest absolute Gasteiger partial charge is 0.194 e. The molecule has 0 spiro atoms. The molecule has 1 saturated heterocycles. The summed E-state index contributed by atoms with van der Waals surface area (Å²) in [5.74, 6) is 1.94. The summed E-state index contributed by atoms with van der Waals surface area (Å²) in [6.45, 7) is 5.40. The molecule has 0 atom stereocenters. The molecule has 1 saturated carbocycles. The quantitative estimate of drug-likeness (QED) is 0.611. The number of aliphatic imine (C=N–C) groups is 1. The van der Waals surface area contributed by atoms with Gasteiger partial charge in [0.2, 0.25) is 0 Å². The second-order valence-corrected chi connectivity index (χ2v) is 7.43. The van der Waals surface area contributed by atoms with Crippen molar-refractivity contribution in [2.24, 2.45) is 4.99 Å². The molecule has 0 amide bonds. The first kappa shape index (κ1) is 18.8. The first-order valence-corrected chi connectivity index (χ1v) is 10.1. The number of ether oxygens (including phenoxy) is 1. The minimum Gasteiger partial charge on any atom is -0.490 e. The number of hydrogen-bond donors (Lipinski definition) is 1. The molecule has 0 unspecified atom stereocenters. The third-order valence-corrected chi connectivity index (χ3v) is 5.52. The monoisotopic (exact) mass is 383 g/mol. The summed E-state index contributed by atoms with van der Waals surface area (Å²) in [5.41, 5.74) is 2.17. The lowest BCUT2D eigenvalue weighted by molar-refractivity contribution is 0.119. The molecule has 2 fully saturated rings. The average Bonchev–Trinajstić information content (AvgIpc) is 3.20. The van der Waals surface area contributed by atoms with E-state index in [1.54, 1.807) is 6.26 Å². The van der Waals surface area contributed by atoms with Crippen molar-refractivity contribution in [2.45, 2.75) is 38.5 Å². The highest BCUT2D eigenvalue weighted by Gasteiger charge is 2.22. The van der Waals surface area contributed by atoms with E-state index < -0.39 is 0 Å². The molecular formula is C21H29N5O2. The van der Waals surface area contributed by atoms with Crippen molar-refractivity contribution in [1.29, 1.82) is 0 Å². The minimum absolute atomic E-state index is 0.387. The summed E-state index contributed by atoms with van der Waals surface area (Å²) in [7, 11) is 1.85. The zero-order chi connectivity index (χ0) is 19.2. The highest BCUT2D eigenvalue weighted by Crippen LogP contribution is 2.27. The van der Waals surface area contributed by atoms with Gasteiger partial charge in [-0.15, -0.1) is 0 Å². The largest absolute Gasteiger partial charge is 0.490 e. The van der Waals surface area contributed by atoms with E-state index in [2.05, 4.69) is 43.5 Å². The number of hydrogen-bond acceptors (Lipinski definition) is 5. The fourth-order valence-electron chi connectivity index (χ4n) is 3.61. The number of rotatable bonds is 6. The van der Waals surface area contributed by atoms with Crippen LogP contribution in [-0.2, 0) is 13.1 Å². The van der Waals surface area contributed by atoms with Crippen LogP contribution in [0.15, 0.2) is 46.1 Å². The van der Waals surface area contributed by atoms with E-state index in [0.29, 0.717) is 12.6 Å². The lowest BCUT2D eigenvalue weighted by Crippen LogP contribution is -2.52. The Bertz CT molecular complexity index is 765. The molecular weight excluding hydrogens is 354 g/mol. The second-order valence-electron chi connectivity index (χ2n) is 7.43. The predicted molar refractivity (Wildman–Crippen MR) is 108 cm³/mol. The first-order valence-electron chi connectivity index (χ1n) is 10.1. The summed E-state index contributed by atoms with van der Waals surface area (Å²) in [6.07, 6.45) is 5.63. The molecule has 28 heavy (non-hydrogen) atoms. The van der Waals surface area contributed by atoms with E-state index in [1.165, 1.54) is 24.8 Å². The van der Waals surface area contributed by atoms with Crippen LogP contribution in [0.4, 0.5) is 0 Å². The molecule has 0 bridgehead atoms. The van der Waals surface area contributed by atoms with E-state index in [-0.39, 0.29) is 0 Å². The molecule has 0 radical (unpaired) electrons. The summed E-state index contributed by atoms with van der Waals surface area (Å²) in [4.78, 5) is 9.20. The van der Waals surface area contributed by atoms with Crippen LogP contribution >= 0.6 is 0 Å². The topological polar surface area (TPSA) is 66.1 Å². The van der Waals surface area contributed by atoms with Crippen molar-refractivity contribution < 1.29 is 9.26 Å². The van der Waals surface area contributed by atoms with Crippen LogP contribution in [0.1, 0.15) is 30.5 Å². The molecule has 1 N–H and O–H groups in total. The van der Waals surface area contributed by atoms with E-state index in [0.717, 1.165) is 50.1 Å². The maximum Gasteiger partial charge on any atom is 0.194 e. The molecule has 7 heteroatoms. The Labute approximate surface area is 166 Å². The molecule has 1 aromatic carbocycles. The van der Waals surface area contributed by atoms with Gasteiger partial charge in [-0.3, -0.25) is 9.89 Å². The zero-order valence-electron chi connectivity index (χ0n) is 16.5. The fourth-order valence-corrected chi connectivity index (χ4v) is 3.61. The number of nitrogens with zero attached hydrogens (tertiary/aromatic N) is 4. The Balaban J connectivity index is 1.28. The van der Waals surface area contributed by atoms with Crippen LogP contribution < -0.4 is 10.1 Å². The highest BCUT2D eigenvalue weighted by molar-refractivity contribution is 5.80. The van der Waals surface area contributed by atoms with Crippen molar-refractivity contribution in [1.82, 2.24) is 20.3 Å². The van der Waals surface area contributed by atoms with Crippen LogP contribution in [0.2, 0.25) is 0 Å². The number of para-hydroxylation sites is 1. The molecule has 1 aliphatic carbocycles. The Morgan fingerprint density at radius 2 is 2.04 bits per heavy atom. The lowest BCUT2D eigenvalue weighted by atomic mass is 9.96. The van der Waals surface area contributed by atoms with Crippen LogP contribution in [0.3, 0.4) is 0 Å². The minimum atomic E-state index is 0.387. The molecule has 1 aromatic heterocycles. The average molecular weight is 383 g/mol.